The summed E-state index contributed by atoms with van der Waals surface area (Å²) in [5.41, 5.74) is 1.53. The van der Waals surface area contributed by atoms with Gasteiger partial charge in [-0.15, -0.1) is 0 Å². The minimum absolute atomic E-state index is 0.0115. The van der Waals surface area contributed by atoms with E-state index in [4.69, 9.17) is 0 Å². The number of amides is 2. The highest BCUT2D eigenvalue weighted by Gasteiger charge is 2.44. The molecule has 2 amide bonds. The van der Waals surface area contributed by atoms with Crippen LogP contribution in [0.1, 0.15) is 38.9 Å². The van der Waals surface area contributed by atoms with Gasteiger partial charge in [0.05, 0.1) is 0 Å². The van der Waals surface area contributed by atoms with Crippen molar-refractivity contribution in [1.82, 2.24) is 19.2 Å². The lowest BCUT2D eigenvalue weighted by atomic mass is 10.1. The predicted octanol–water partition coefficient (Wildman–Crippen LogP) is 1.70. The van der Waals surface area contributed by atoms with Gasteiger partial charge in [-0.05, 0) is 24.6 Å². The van der Waals surface area contributed by atoms with E-state index in [1.165, 1.54) is 10.6 Å². The predicted molar refractivity (Wildman–Crippen MR) is 97.3 cm³/mol. The number of rotatable bonds is 1. The first kappa shape index (κ1) is 15.7. The van der Waals surface area contributed by atoms with Gasteiger partial charge in [0.15, 0.2) is 0 Å². The number of carbonyl (C=O) groups excluding carboxylic acids is 2. The van der Waals surface area contributed by atoms with Crippen molar-refractivity contribution in [3.05, 3.63) is 81.9 Å². The fourth-order valence-corrected chi connectivity index (χ4v) is 3.98. The molecule has 1 saturated heterocycles. The minimum atomic E-state index is -0.467. The van der Waals surface area contributed by atoms with Crippen molar-refractivity contribution >= 4 is 17.5 Å². The van der Waals surface area contributed by atoms with Crippen LogP contribution in [-0.4, -0.2) is 44.1 Å². The molecule has 4 heterocycles. The molecular weight excluding hydrogens is 344 g/mol. The summed E-state index contributed by atoms with van der Waals surface area (Å²) in [5.74, 6) is -0.466. The number of aromatic nitrogens is 2. The number of nitrogens with zero attached hydrogens (tertiary/aromatic N) is 4. The Bertz CT molecular complexity index is 1150. The first-order chi connectivity index (χ1) is 13.2. The Morgan fingerprint density at radius 2 is 1.85 bits per heavy atom. The van der Waals surface area contributed by atoms with Crippen molar-refractivity contribution in [2.24, 2.45) is 0 Å². The minimum Gasteiger partial charge on any atom is -0.314 e. The summed E-state index contributed by atoms with van der Waals surface area (Å²) in [4.78, 5) is 46.3. The molecule has 1 atom stereocenters. The van der Waals surface area contributed by atoms with Gasteiger partial charge in [0, 0.05) is 36.6 Å². The van der Waals surface area contributed by atoms with Crippen LogP contribution in [-0.2, 0) is 0 Å². The van der Waals surface area contributed by atoms with E-state index < -0.39 is 17.6 Å². The Hall–Kier alpha value is -3.48. The maximum atomic E-state index is 13.3. The molecule has 7 heteroatoms. The lowest BCUT2D eigenvalue weighted by Crippen LogP contribution is -2.49. The summed E-state index contributed by atoms with van der Waals surface area (Å²) >= 11 is 0. The molecule has 0 saturated carbocycles. The van der Waals surface area contributed by atoms with E-state index in [1.54, 1.807) is 40.3 Å². The van der Waals surface area contributed by atoms with Gasteiger partial charge in [-0.25, -0.2) is 4.98 Å². The summed E-state index contributed by atoms with van der Waals surface area (Å²) in [6.07, 6.45) is 3.13. The maximum Gasteiger partial charge on any atom is 0.270 e. The summed E-state index contributed by atoms with van der Waals surface area (Å²) in [6, 6.07) is 12.6. The second-order valence-corrected chi connectivity index (χ2v) is 6.72. The van der Waals surface area contributed by atoms with Gasteiger partial charge < -0.3 is 9.80 Å². The van der Waals surface area contributed by atoms with Crippen molar-refractivity contribution in [3.63, 3.8) is 0 Å². The van der Waals surface area contributed by atoms with Gasteiger partial charge in [-0.3, -0.25) is 18.8 Å². The highest BCUT2D eigenvalue weighted by molar-refractivity contribution is 6.01. The van der Waals surface area contributed by atoms with E-state index in [2.05, 4.69) is 4.98 Å². The van der Waals surface area contributed by atoms with Crippen molar-refractivity contribution in [2.45, 2.75) is 12.6 Å². The highest BCUT2D eigenvalue weighted by Crippen LogP contribution is 2.38. The molecule has 2 aliphatic rings. The van der Waals surface area contributed by atoms with Gasteiger partial charge in [0.25, 0.3) is 17.4 Å². The van der Waals surface area contributed by atoms with E-state index in [0.717, 1.165) is 5.56 Å². The van der Waals surface area contributed by atoms with E-state index in [9.17, 15) is 14.4 Å². The summed E-state index contributed by atoms with van der Waals surface area (Å²) in [5, 5.41) is 0. The fraction of sp³-hybridized carbons (Fsp3) is 0.200. The van der Waals surface area contributed by atoms with Crippen LogP contribution in [0, 0.1) is 0 Å². The molecule has 1 unspecified atom stereocenters. The van der Waals surface area contributed by atoms with Crippen LogP contribution >= 0.6 is 0 Å². The molecule has 5 rings (SSSR count). The molecule has 2 aromatic heterocycles. The zero-order valence-electron chi connectivity index (χ0n) is 14.4. The summed E-state index contributed by atoms with van der Waals surface area (Å²) in [6.45, 7) is 1.08. The second-order valence-electron chi connectivity index (χ2n) is 6.72. The summed E-state index contributed by atoms with van der Waals surface area (Å²) < 4.78 is 1.36. The first-order valence-corrected chi connectivity index (χ1v) is 8.84. The van der Waals surface area contributed by atoms with Crippen molar-refractivity contribution < 1.29 is 9.59 Å². The molecule has 0 radical (unpaired) electrons. The molecule has 7 nitrogen and oxygen atoms in total. The molecule has 27 heavy (non-hydrogen) atoms. The van der Waals surface area contributed by atoms with Crippen LogP contribution in [0.15, 0.2) is 59.7 Å². The summed E-state index contributed by atoms with van der Waals surface area (Å²) in [7, 11) is 0. The molecule has 1 aromatic carbocycles. The molecule has 0 bridgehead atoms. The van der Waals surface area contributed by atoms with Crippen LogP contribution in [0.5, 0.6) is 0 Å². The Morgan fingerprint density at radius 3 is 2.74 bits per heavy atom. The third kappa shape index (κ3) is 2.21. The fourth-order valence-electron chi connectivity index (χ4n) is 3.98. The quantitative estimate of drug-likeness (QED) is 0.662. The Kier molecular flexibility index (Phi) is 3.36. The monoisotopic (exact) mass is 360 g/mol. The number of pyridine rings is 1. The highest BCUT2D eigenvalue weighted by atomic mass is 16.2. The van der Waals surface area contributed by atoms with Crippen LogP contribution < -0.4 is 5.56 Å². The van der Waals surface area contributed by atoms with E-state index in [0.29, 0.717) is 30.7 Å². The van der Waals surface area contributed by atoms with Gasteiger partial charge in [-0.2, -0.15) is 0 Å². The van der Waals surface area contributed by atoms with Crippen molar-refractivity contribution in [3.8, 4) is 0 Å². The number of hydrogen-bond donors (Lipinski definition) is 0. The second kappa shape index (κ2) is 5.77. The third-order valence-electron chi connectivity index (χ3n) is 5.22. The van der Waals surface area contributed by atoms with Crippen LogP contribution in [0.4, 0.5) is 0 Å². The number of carbonyl (C=O) groups is 2. The Labute approximate surface area is 154 Å². The smallest absolute Gasteiger partial charge is 0.270 e. The van der Waals surface area contributed by atoms with Gasteiger partial charge >= 0.3 is 0 Å². The molecule has 1 fully saturated rings. The zero-order valence-corrected chi connectivity index (χ0v) is 14.4. The lowest BCUT2D eigenvalue weighted by Gasteiger charge is -2.40. The molecule has 0 spiro atoms. The van der Waals surface area contributed by atoms with Crippen LogP contribution in [0.25, 0.3) is 5.65 Å². The topological polar surface area (TPSA) is 75.0 Å². The van der Waals surface area contributed by atoms with Crippen LogP contribution in [0.2, 0.25) is 0 Å². The average molecular weight is 360 g/mol. The van der Waals surface area contributed by atoms with E-state index in [-0.39, 0.29) is 11.5 Å². The average Bonchev–Trinajstić information content (AvgIpc) is 3.01. The number of benzene rings is 1. The molecule has 2 aliphatic heterocycles. The maximum absolute atomic E-state index is 13.3. The van der Waals surface area contributed by atoms with Crippen molar-refractivity contribution in [1.29, 1.82) is 0 Å². The van der Waals surface area contributed by atoms with Gasteiger partial charge in [0.2, 0.25) is 0 Å². The number of fused-ring (bicyclic) bond motifs is 4. The third-order valence-corrected chi connectivity index (χ3v) is 5.22. The van der Waals surface area contributed by atoms with Crippen LogP contribution in [0.3, 0.4) is 0 Å². The molecule has 134 valence electrons. The molecule has 3 aromatic rings. The normalized spacial score (nSPS) is 18.5. The largest absolute Gasteiger partial charge is 0.314 e. The molecular formula is C20H16N4O3. The molecule has 0 aliphatic carbocycles. The van der Waals surface area contributed by atoms with E-state index in [1.807, 2.05) is 18.2 Å². The van der Waals surface area contributed by atoms with E-state index >= 15 is 0 Å². The zero-order chi connectivity index (χ0) is 18.5. The SMILES string of the molecule is O=C1c2ccccc2C2N1CCCN2C(=O)c1cnc2ccccn2c1=O. The standard InChI is InChI=1S/C20H16N4O3/c25-18-14-7-2-1-6-13(14)17-23(18)10-5-11-24(17)20(27)15-12-21-16-8-3-4-9-22(16)19(15)26/h1-4,6-9,12,17H,5,10-11H2. The van der Waals surface area contributed by atoms with Crippen molar-refractivity contribution in [2.75, 3.05) is 13.1 Å². The first-order valence-electron chi connectivity index (χ1n) is 8.84. The Morgan fingerprint density at radius 1 is 1.04 bits per heavy atom. The lowest BCUT2D eigenvalue weighted by molar-refractivity contribution is 0.0163. The Balaban J connectivity index is 1.61. The number of hydrogen-bond acceptors (Lipinski definition) is 4. The molecule has 0 N–H and O–H groups in total. The van der Waals surface area contributed by atoms with Gasteiger partial charge in [-0.1, -0.05) is 24.3 Å². The van der Waals surface area contributed by atoms with Gasteiger partial charge in [0.1, 0.15) is 17.4 Å².